The molecule has 0 aromatic carbocycles. The van der Waals surface area contributed by atoms with Gasteiger partial charge in [-0.05, 0) is 13.8 Å². The van der Waals surface area contributed by atoms with Crippen LogP contribution in [0, 0.1) is 0 Å². The summed E-state index contributed by atoms with van der Waals surface area (Å²) in [6.07, 6.45) is 4.57. The molecular formula is C10H18N2O2. The maximum Gasteiger partial charge on any atom is 0.157 e. The van der Waals surface area contributed by atoms with Gasteiger partial charge in [-0.15, -0.1) is 0 Å². The summed E-state index contributed by atoms with van der Waals surface area (Å²) in [5.41, 5.74) is 0. The highest BCUT2D eigenvalue weighted by atomic mass is 16.5. The van der Waals surface area contributed by atoms with E-state index in [0.717, 1.165) is 31.9 Å². The molecule has 4 nitrogen and oxygen atoms in total. The van der Waals surface area contributed by atoms with E-state index in [0.29, 0.717) is 6.61 Å². The van der Waals surface area contributed by atoms with Crippen LogP contribution in [0.5, 0.6) is 5.75 Å². The summed E-state index contributed by atoms with van der Waals surface area (Å²) in [5, 5.41) is 4.11. The molecule has 0 unspecified atom stereocenters. The third-order valence-corrected chi connectivity index (χ3v) is 1.84. The molecule has 0 saturated carbocycles. The van der Waals surface area contributed by atoms with E-state index < -0.39 is 0 Å². The maximum atomic E-state index is 5.47. The second-order valence-corrected chi connectivity index (χ2v) is 2.93. The van der Waals surface area contributed by atoms with Gasteiger partial charge >= 0.3 is 0 Å². The van der Waals surface area contributed by atoms with Gasteiger partial charge in [0.05, 0.1) is 19.0 Å². The highest BCUT2D eigenvalue weighted by Gasteiger charge is 1.97. The fourth-order valence-electron chi connectivity index (χ4n) is 1.09. The molecule has 0 aliphatic heterocycles. The molecule has 1 heterocycles. The fraction of sp³-hybridized carbons (Fsp3) is 0.700. The second kappa shape index (κ2) is 6.43. The zero-order chi connectivity index (χ0) is 10.2. The Morgan fingerprint density at radius 1 is 1.36 bits per heavy atom. The van der Waals surface area contributed by atoms with Gasteiger partial charge in [-0.25, -0.2) is 0 Å². The van der Waals surface area contributed by atoms with Crippen LogP contribution in [0.15, 0.2) is 12.4 Å². The third-order valence-electron chi connectivity index (χ3n) is 1.84. The second-order valence-electron chi connectivity index (χ2n) is 2.93. The lowest BCUT2D eigenvalue weighted by atomic mass is 10.5. The smallest absolute Gasteiger partial charge is 0.157 e. The number of rotatable bonds is 7. The molecule has 1 rings (SSSR count). The summed E-state index contributed by atoms with van der Waals surface area (Å²) in [4.78, 5) is 0. The zero-order valence-electron chi connectivity index (χ0n) is 8.90. The van der Waals surface area contributed by atoms with Gasteiger partial charge in [-0.3, -0.25) is 4.68 Å². The highest BCUT2D eigenvalue weighted by molar-refractivity contribution is 5.11. The first-order chi connectivity index (χ1) is 6.86. The summed E-state index contributed by atoms with van der Waals surface area (Å²) in [6, 6.07) is 0. The van der Waals surface area contributed by atoms with E-state index in [1.165, 1.54) is 0 Å². The Kier molecular flexibility index (Phi) is 5.07. The topological polar surface area (TPSA) is 36.3 Å². The lowest BCUT2D eigenvalue weighted by Gasteiger charge is -2.02. The van der Waals surface area contributed by atoms with Crippen molar-refractivity contribution in [2.24, 2.45) is 0 Å². The van der Waals surface area contributed by atoms with Gasteiger partial charge in [0.2, 0.25) is 0 Å². The predicted molar refractivity (Wildman–Crippen MR) is 54.5 cm³/mol. The first kappa shape index (κ1) is 11.0. The summed E-state index contributed by atoms with van der Waals surface area (Å²) in [5.74, 6) is 0.836. The molecule has 0 bridgehead atoms. The van der Waals surface area contributed by atoms with Crippen LogP contribution in [0.3, 0.4) is 0 Å². The quantitative estimate of drug-likeness (QED) is 0.626. The summed E-state index contributed by atoms with van der Waals surface area (Å²) in [6.45, 7) is 7.14. The standard InChI is InChI=1S/C10H18N2O2/c1-3-12-9-10(8-11-12)14-7-5-6-13-4-2/h8-9H,3-7H2,1-2H3. The molecule has 0 N–H and O–H groups in total. The van der Waals surface area contributed by atoms with E-state index in [-0.39, 0.29) is 0 Å². The fourth-order valence-corrected chi connectivity index (χ4v) is 1.09. The average Bonchev–Trinajstić information content (AvgIpc) is 2.65. The SMILES string of the molecule is CCOCCCOc1cnn(CC)c1. The van der Waals surface area contributed by atoms with Crippen molar-refractivity contribution in [2.45, 2.75) is 26.8 Å². The van der Waals surface area contributed by atoms with Gasteiger partial charge in [0.25, 0.3) is 0 Å². The normalized spacial score (nSPS) is 10.4. The molecule has 0 fully saturated rings. The van der Waals surface area contributed by atoms with Gasteiger partial charge in [0, 0.05) is 26.2 Å². The molecule has 0 radical (unpaired) electrons. The minimum absolute atomic E-state index is 0.690. The molecule has 14 heavy (non-hydrogen) atoms. The molecule has 0 saturated heterocycles. The van der Waals surface area contributed by atoms with Crippen LogP contribution in [0.4, 0.5) is 0 Å². The summed E-state index contributed by atoms with van der Waals surface area (Å²) < 4.78 is 12.5. The van der Waals surface area contributed by atoms with Gasteiger partial charge in [0.15, 0.2) is 5.75 Å². The Morgan fingerprint density at radius 2 is 2.21 bits per heavy atom. The van der Waals surface area contributed by atoms with Crippen LogP contribution in [0.25, 0.3) is 0 Å². The Morgan fingerprint density at radius 3 is 2.86 bits per heavy atom. The van der Waals surface area contributed by atoms with Gasteiger partial charge in [-0.2, -0.15) is 5.10 Å². The Hall–Kier alpha value is -1.03. The number of aryl methyl sites for hydroxylation is 1. The molecule has 0 atom stereocenters. The molecular weight excluding hydrogens is 180 g/mol. The molecule has 4 heteroatoms. The van der Waals surface area contributed by atoms with E-state index in [2.05, 4.69) is 5.10 Å². The van der Waals surface area contributed by atoms with Crippen LogP contribution in [0.2, 0.25) is 0 Å². The van der Waals surface area contributed by atoms with Crippen molar-refractivity contribution in [2.75, 3.05) is 19.8 Å². The van der Waals surface area contributed by atoms with E-state index in [4.69, 9.17) is 9.47 Å². The monoisotopic (exact) mass is 198 g/mol. The lowest BCUT2D eigenvalue weighted by Crippen LogP contribution is -2.02. The number of hydrogen-bond acceptors (Lipinski definition) is 3. The number of ether oxygens (including phenoxy) is 2. The number of aromatic nitrogens is 2. The van der Waals surface area contributed by atoms with Crippen LogP contribution < -0.4 is 4.74 Å². The van der Waals surface area contributed by atoms with Crippen LogP contribution in [-0.2, 0) is 11.3 Å². The van der Waals surface area contributed by atoms with E-state index in [9.17, 15) is 0 Å². The average molecular weight is 198 g/mol. The van der Waals surface area contributed by atoms with Gasteiger partial charge < -0.3 is 9.47 Å². The third kappa shape index (κ3) is 3.79. The zero-order valence-corrected chi connectivity index (χ0v) is 8.90. The molecule has 0 amide bonds. The Bertz CT molecular complexity index is 248. The van der Waals surface area contributed by atoms with Crippen molar-refractivity contribution in [3.8, 4) is 5.75 Å². The Balaban J connectivity index is 2.12. The molecule has 0 aliphatic carbocycles. The molecule has 80 valence electrons. The largest absolute Gasteiger partial charge is 0.490 e. The lowest BCUT2D eigenvalue weighted by molar-refractivity contribution is 0.131. The van der Waals surface area contributed by atoms with Crippen LogP contribution in [-0.4, -0.2) is 29.6 Å². The van der Waals surface area contributed by atoms with Crippen molar-refractivity contribution >= 4 is 0 Å². The number of nitrogens with zero attached hydrogens (tertiary/aromatic N) is 2. The highest BCUT2D eigenvalue weighted by Crippen LogP contribution is 2.07. The molecule has 0 spiro atoms. The van der Waals surface area contributed by atoms with Crippen molar-refractivity contribution in [1.82, 2.24) is 9.78 Å². The molecule has 1 aromatic heterocycles. The minimum Gasteiger partial charge on any atom is -0.490 e. The van der Waals surface area contributed by atoms with E-state index in [1.807, 2.05) is 24.7 Å². The number of hydrogen-bond donors (Lipinski definition) is 0. The first-order valence-electron chi connectivity index (χ1n) is 5.09. The predicted octanol–water partition coefficient (Wildman–Crippen LogP) is 1.71. The molecule has 1 aromatic rings. The van der Waals surface area contributed by atoms with Crippen molar-refractivity contribution < 1.29 is 9.47 Å². The van der Waals surface area contributed by atoms with E-state index >= 15 is 0 Å². The van der Waals surface area contributed by atoms with Gasteiger partial charge in [0.1, 0.15) is 0 Å². The summed E-state index contributed by atoms with van der Waals surface area (Å²) >= 11 is 0. The first-order valence-corrected chi connectivity index (χ1v) is 5.09. The van der Waals surface area contributed by atoms with E-state index in [1.54, 1.807) is 6.20 Å². The van der Waals surface area contributed by atoms with Gasteiger partial charge in [-0.1, -0.05) is 0 Å². The molecule has 0 aliphatic rings. The summed E-state index contributed by atoms with van der Waals surface area (Å²) in [7, 11) is 0. The Labute approximate surface area is 84.8 Å². The van der Waals surface area contributed by atoms with Crippen molar-refractivity contribution in [3.05, 3.63) is 12.4 Å². The minimum atomic E-state index is 0.690. The van der Waals surface area contributed by atoms with Crippen molar-refractivity contribution in [3.63, 3.8) is 0 Å². The van der Waals surface area contributed by atoms with Crippen LogP contribution in [0.1, 0.15) is 20.3 Å². The maximum absolute atomic E-state index is 5.47. The van der Waals surface area contributed by atoms with Crippen LogP contribution >= 0.6 is 0 Å². The van der Waals surface area contributed by atoms with Crippen molar-refractivity contribution in [1.29, 1.82) is 0 Å².